The van der Waals surface area contributed by atoms with Crippen LogP contribution in [0.5, 0.6) is 0 Å². The molecule has 1 aliphatic heterocycles. The van der Waals surface area contributed by atoms with Crippen LogP contribution in [0.15, 0.2) is 54.9 Å². The van der Waals surface area contributed by atoms with E-state index >= 15 is 0 Å². The molecule has 132 valence electrons. The standard InChI is InChI=1S/C20H21N5S/c1-13-11-16(14(2)23-13)19-18(17-8-4-6-10-22-17)24-20(26)25(19)12-15-7-3-5-9-21-15/h3-11,18-19,23H,12H2,1-2H3,(H,24,26)/t18-,19-/m0/s1. The van der Waals surface area contributed by atoms with Crippen LogP contribution < -0.4 is 5.32 Å². The van der Waals surface area contributed by atoms with Gasteiger partial charge in [-0.3, -0.25) is 9.97 Å². The van der Waals surface area contributed by atoms with Gasteiger partial charge in [0, 0.05) is 23.8 Å². The molecule has 0 aromatic carbocycles. The second kappa shape index (κ2) is 6.88. The largest absolute Gasteiger partial charge is 0.362 e. The zero-order chi connectivity index (χ0) is 18.1. The molecule has 1 saturated heterocycles. The van der Waals surface area contributed by atoms with Gasteiger partial charge in [0.1, 0.15) is 0 Å². The summed E-state index contributed by atoms with van der Waals surface area (Å²) in [6.07, 6.45) is 3.65. The minimum Gasteiger partial charge on any atom is -0.362 e. The van der Waals surface area contributed by atoms with Gasteiger partial charge in [-0.1, -0.05) is 12.1 Å². The van der Waals surface area contributed by atoms with E-state index in [-0.39, 0.29) is 12.1 Å². The van der Waals surface area contributed by atoms with Gasteiger partial charge in [-0.25, -0.2) is 0 Å². The van der Waals surface area contributed by atoms with Crippen LogP contribution in [0.1, 0.15) is 40.4 Å². The number of H-pyrrole nitrogens is 1. The van der Waals surface area contributed by atoms with E-state index in [2.05, 4.69) is 45.1 Å². The number of nitrogens with one attached hydrogen (secondary N) is 2. The molecule has 4 rings (SSSR count). The zero-order valence-corrected chi connectivity index (χ0v) is 15.6. The molecule has 2 N–H and O–H groups in total. The molecule has 0 saturated carbocycles. The van der Waals surface area contributed by atoms with Crippen molar-refractivity contribution in [3.8, 4) is 0 Å². The molecule has 6 heteroatoms. The highest BCUT2D eigenvalue weighted by Gasteiger charge is 2.40. The molecule has 0 amide bonds. The molecule has 4 heterocycles. The Morgan fingerprint density at radius 1 is 1.08 bits per heavy atom. The lowest BCUT2D eigenvalue weighted by molar-refractivity contribution is 0.307. The van der Waals surface area contributed by atoms with Crippen molar-refractivity contribution >= 4 is 17.3 Å². The Bertz CT molecular complexity index is 906. The van der Waals surface area contributed by atoms with Crippen LogP contribution in [0.25, 0.3) is 0 Å². The summed E-state index contributed by atoms with van der Waals surface area (Å²) in [4.78, 5) is 14.7. The molecule has 26 heavy (non-hydrogen) atoms. The van der Waals surface area contributed by atoms with Gasteiger partial charge < -0.3 is 15.2 Å². The number of rotatable bonds is 4. The smallest absolute Gasteiger partial charge is 0.170 e. The molecule has 3 aromatic rings. The van der Waals surface area contributed by atoms with E-state index < -0.39 is 0 Å². The third-order valence-corrected chi connectivity index (χ3v) is 5.12. The van der Waals surface area contributed by atoms with E-state index in [1.165, 1.54) is 5.56 Å². The molecule has 0 radical (unpaired) electrons. The molecule has 0 spiro atoms. The number of aromatic nitrogens is 3. The highest BCUT2D eigenvalue weighted by atomic mass is 32.1. The van der Waals surface area contributed by atoms with Crippen molar-refractivity contribution in [3.63, 3.8) is 0 Å². The summed E-state index contributed by atoms with van der Waals surface area (Å²) >= 11 is 5.69. The minimum absolute atomic E-state index is 0.00122. The molecule has 1 fully saturated rings. The highest BCUT2D eigenvalue weighted by Crippen LogP contribution is 2.40. The summed E-state index contributed by atoms with van der Waals surface area (Å²) in [6.45, 7) is 4.85. The number of hydrogen-bond acceptors (Lipinski definition) is 3. The van der Waals surface area contributed by atoms with Gasteiger partial charge in [0.25, 0.3) is 0 Å². The first-order valence-corrected chi connectivity index (χ1v) is 9.08. The van der Waals surface area contributed by atoms with Crippen molar-refractivity contribution in [2.24, 2.45) is 0 Å². The van der Waals surface area contributed by atoms with Crippen LogP contribution in [-0.4, -0.2) is 25.0 Å². The van der Waals surface area contributed by atoms with E-state index in [9.17, 15) is 0 Å². The third kappa shape index (κ3) is 3.08. The molecule has 0 aliphatic carbocycles. The van der Waals surface area contributed by atoms with Gasteiger partial charge in [-0.15, -0.1) is 0 Å². The first kappa shape index (κ1) is 16.7. The average Bonchev–Trinajstić information content (AvgIpc) is 3.15. The lowest BCUT2D eigenvalue weighted by Crippen LogP contribution is -2.29. The fraction of sp³-hybridized carbons (Fsp3) is 0.250. The molecular weight excluding hydrogens is 342 g/mol. The lowest BCUT2D eigenvalue weighted by atomic mass is 9.96. The minimum atomic E-state index is 0.00122. The predicted octanol–water partition coefficient (Wildman–Crippen LogP) is 3.59. The Morgan fingerprint density at radius 3 is 2.46 bits per heavy atom. The summed E-state index contributed by atoms with van der Waals surface area (Å²) in [5, 5.41) is 4.21. The van der Waals surface area contributed by atoms with Gasteiger partial charge in [-0.05, 0) is 62.0 Å². The van der Waals surface area contributed by atoms with Crippen LogP contribution in [0.2, 0.25) is 0 Å². The van der Waals surface area contributed by atoms with Crippen molar-refractivity contribution in [2.45, 2.75) is 32.5 Å². The predicted molar refractivity (Wildman–Crippen MR) is 105 cm³/mol. The van der Waals surface area contributed by atoms with Crippen molar-refractivity contribution in [3.05, 3.63) is 83.2 Å². The molecule has 0 bridgehead atoms. The van der Waals surface area contributed by atoms with E-state index in [4.69, 9.17) is 12.2 Å². The van der Waals surface area contributed by atoms with Crippen molar-refractivity contribution in [1.29, 1.82) is 0 Å². The van der Waals surface area contributed by atoms with Crippen molar-refractivity contribution < 1.29 is 0 Å². The van der Waals surface area contributed by atoms with Gasteiger partial charge in [0.2, 0.25) is 0 Å². The third-order valence-electron chi connectivity index (χ3n) is 4.76. The summed E-state index contributed by atoms with van der Waals surface area (Å²) in [6, 6.07) is 14.2. The van der Waals surface area contributed by atoms with E-state index in [0.29, 0.717) is 6.54 Å². The second-order valence-corrected chi connectivity index (χ2v) is 6.99. The molecule has 5 nitrogen and oxygen atoms in total. The molecule has 0 unspecified atom stereocenters. The monoisotopic (exact) mass is 363 g/mol. The average molecular weight is 363 g/mol. The van der Waals surface area contributed by atoms with Crippen LogP contribution in [0, 0.1) is 13.8 Å². The first-order chi connectivity index (χ1) is 12.6. The Hall–Kier alpha value is -2.73. The zero-order valence-electron chi connectivity index (χ0n) is 14.8. The van der Waals surface area contributed by atoms with Crippen LogP contribution in [0.4, 0.5) is 0 Å². The highest BCUT2D eigenvalue weighted by molar-refractivity contribution is 7.80. The summed E-state index contributed by atoms with van der Waals surface area (Å²) in [7, 11) is 0. The van der Waals surface area contributed by atoms with Crippen LogP contribution >= 0.6 is 12.2 Å². The summed E-state index contributed by atoms with van der Waals surface area (Å²) in [5.41, 5.74) is 5.52. The van der Waals surface area contributed by atoms with Crippen LogP contribution in [0.3, 0.4) is 0 Å². The van der Waals surface area contributed by atoms with E-state index in [0.717, 1.165) is 27.9 Å². The van der Waals surface area contributed by atoms with Crippen molar-refractivity contribution in [1.82, 2.24) is 25.2 Å². The van der Waals surface area contributed by atoms with Crippen molar-refractivity contribution in [2.75, 3.05) is 0 Å². The Balaban J connectivity index is 1.76. The maximum Gasteiger partial charge on any atom is 0.170 e. The summed E-state index contributed by atoms with van der Waals surface area (Å²) < 4.78 is 0. The molecular formula is C20H21N5S. The summed E-state index contributed by atoms with van der Waals surface area (Å²) in [5.74, 6) is 0. The fourth-order valence-corrected chi connectivity index (χ4v) is 3.94. The van der Waals surface area contributed by atoms with Gasteiger partial charge >= 0.3 is 0 Å². The van der Waals surface area contributed by atoms with Gasteiger partial charge in [0.05, 0.1) is 30.0 Å². The lowest BCUT2D eigenvalue weighted by Gasteiger charge is -2.27. The first-order valence-electron chi connectivity index (χ1n) is 8.67. The number of pyridine rings is 2. The van der Waals surface area contributed by atoms with E-state index in [1.807, 2.05) is 48.8 Å². The SMILES string of the molecule is Cc1cc([C@H]2[C@H](c3ccccn3)NC(=S)N2Cc2ccccn2)c(C)[nH]1. The molecule has 2 atom stereocenters. The number of thiocarbonyl (C=S) groups is 1. The number of hydrogen-bond donors (Lipinski definition) is 2. The number of aryl methyl sites for hydroxylation is 2. The second-order valence-electron chi connectivity index (χ2n) is 6.61. The topological polar surface area (TPSA) is 56.8 Å². The van der Waals surface area contributed by atoms with E-state index in [1.54, 1.807) is 0 Å². The Kier molecular flexibility index (Phi) is 4.42. The normalized spacial score (nSPS) is 19.6. The van der Waals surface area contributed by atoms with Gasteiger partial charge in [-0.2, -0.15) is 0 Å². The molecule has 3 aromatic heterocycles. The van der Waals surface area contributed by atoms with Gasteiger partial charge in [0.15, 0.2) is 5.11 Å². The quantitative estimate of drug-likeness (QED) is 0.694. The molecule has 1 aliphatic rings. The number of aromatic amines is 1. The fourth-order valence-electron chi connectivity index (χ4n) is 3.63. The maximum atomic E-state index is 5.69. The number of nitrogens with zero attached hydrogens (tertiary/aromatic N) is 3. The Labute approximate surface area is 158 Å². The Morgan fingerprint density at radius 2 is 1.85 bits per heavy atom. The van der Waals surface area contributed by atoms with Crippen LogP contribution in [-0.2, 0) is 6.54 Å². The maximum absolute atomic E-state index is 5.69.